The van der Waals surface area contributed by atoms with Gasteiger partial charge in [0.2, 0.25) is 0 Å². The molecular formula is C24H27NO2. The normalized spacial score (nSPS) is 12.8. The van der Waals surface area contributed by atoms with Crippen molar-refractivity contribution in [3.8, 4) is 6.07 Å². The van der Waals surface area contributed by atoms with Crippen LogP contribution in [-0.4, -0.2) is 12.6 Å². The summed E-state index contributed by atoms with van der Waals surface area (Å²) in [6.45, 7) is 8.13. The van der Waals surface area contributed by atoms with Gasteiger partial charge in [0.1, 0.15) is 0 Å². The lowest BCUT2D eigenvalue weighted by molar-refractivity contribution is -0.138. The molecule has 0 radical (unpaired) electrons. The molecule has 0 fully saturated rings. The number of hydrogen-bond acceptors (Lipinski definition) is 3. The quantitative estimate of drug-likeness (QED) is 0.444. The lowest BCUT2D eigenvalue weighted by atomic mass is 9.67. The van der Waals surface area contributed by atoms with Gasteiger partial charge in [-0.3, -0.25) is 0 Å². The van der Waals surface area contributed by atoms with Crippen LogP contribution >= 0.6 is 0 Å². The minimum Gasteiger partial charge on any atom is -0.462 e. The molecule has 0 amide bonds. The van der Waals surface area contributed by atoms with E-state index in [0.29, 0.717) is 17.9 Å². The first-order valence-corrected chi connectivity index (χ1v) is 9.38. The minimum absolute atomic E-state index is 0.275. The highest BCUT2D eigenvalue weighted by Crippen LogP contribution is 2.42. The van der Waals surface area contributed by atoms with E-state index in [1.165, 1.54) is 6.08 Å². The van der Waals surface area contributed by atoms with Crippen LogP contribution in [0.5, 0.6) is 0 Å². The molecule has 0 N–H and O–H groups in total. The molecule has 3 heteroatoms. The Hall–Kier alpha value is -2.86. The van der Waals surface area contributed by atoms with Gasteiger partial charge in [0.15, 0.2) is 0 Å². The van der Waals surface area contributed by atoms with Gasteiger partial charge < -0.3 is 4.74 Å². The van der Waals surface area contributed by atoms with Gasteiger partial charge in [0, 0.05) is 11.5 Å². The molecule has 2 aromatic carbocycles. The van der Waals surface area contributed by atoms with E-state index >= 15 is 0 Å². The predicted molar refractivity (Wildman–Crippen MR) is 108 cm³/mol. The third-order valence-corrected chi connectivity index (χ3v) is 4.98. The molecule has 0 aliphatic heterocycles. The largest absolute Gasteiger partial charge is 0.462 e. The Morgan fingerprint density at radius 3 is 2.44 bits per heavy atom. The predicted octanol–water partition coefficient (Wildman–Crippen LogP) is 5.40. The monoisotopic (exact) mass is 361 g/mol. The van der Waals surface area contributed by atoms with E-state index in [9.17, 15) is 10.1 Å². The number of carbonyl (C=O) groups is 1. The van der Waals surface area contributed by atoms with Crippen molar-refractivity contribution >= 4 is 5.97 Å². The number of hydrogen-bond donors (Lipinski definition) is 0. The maximum absolute atomic E-state index is 11.6. The van der Waals surface area contributed by atoms with Gasteiger partial charge in [-0.05, 0) is 42.4 Å². The van der Waals surface area contributed by atoms with Crippen molar-refractivity contribution in [2.24, 2.45) is 5.92 Å². The van der Waals surface area contributed by atoms with E-state index in [4.69, 9.17) is 4.74 Å². The molecule has 0 aliphatic rings. The Kier molecular flexibility index (Phi) is 7.37. The van der Waals surface area contributed by atoms with Crippen molar-refractivity contribution in [2.45, 2.75) is 38.5 Å². The van der Waals surface area contributed by atoms with Gasteiger partial charge in [0.05, 0.1) is 18.2 Å². The molecule has 2 aromatic rings. The Morgan fingerprint density at radius 1 is 1.15 bits per heavy atom. The number of carbonyl (C=O) groups excluding carboxylic acids is 1. The SMILES string of the molecule is C=CC(=O)OCCC(CCC(C)C)(c1ccccc1)c1ccccc1C#N. The van der Waals surface area contributed by atoms with Crippen LogP contribution in [-0.2, 0) is 14.9 Å². The maximum atomic E-state index is 11.6. The molecule has 3 nitrogen and oxygen atoms in total. The fraction of sp³-hybridized carbons (Fsp3) is 0.333. The standard InChI is InChI=1S/C24H27NO2/c1-4-23(26)27-17-16-24(15-14-19(2)3,21-11-6-5-7-12-21)22-13-9-8-10-20(22)18-25/h4-13,19H,1,14-17H2,2-3H3. The summed E-state index contributed by atoms with van der Waals surface area (Å²) in [5.74, 6) is 0.104. The smallest absolute Gasteiger partial charge is 0.330 e. The van der Waals surface area contributed by atoms with Crippen LogP contribution < -0.4 is 0 Å². The molecular weight excluding hydrogens is 334 g/mol. The summed E-state index contributed by atoms with van der Waals surface area (Å²) in [5, 5.41) is 9.71. The van der Waals surface area contributed by atoms with Crippen molar-refractivity contribution < 1.29 is 9.53 Å². The molecule has 1 atom stereocenters. The number of esters is 1. The van der Waals surface area contributed by atoms with Crippen LogP contribution in [0.25, 0.3) is 0 Å². The molecule has 0 heterocycles. The topological polar surface area (TPSA) is 50.1 Å². The number of benzene rings is 2. The summed E-state index contributed by atoms with van der Waals surface area (Å²) in [7, 11) is 0. The van der Waals surface area contributed by atoms with Crippen molar-refractivity contribution in [2.75, 3.05) is 6.61 Å². The summed E-state index contributed by atoms with van der Waals surface area (Å²) >= 11 is 0. The third kappa shape index (κ3) is 5.08. The molecule has 1 unspecified atom stereocenters. The van der Waals surface area contributed by atoms with Crippen LogP contribution in [0.1, 0.15) is 49.8 Å². The number of rotatable bonds is 9. The van der Waals surface area contributed by atoms with Crippen molar-refractivity contribution in [3.63, 3.8) is 0 Å². The van der Waals surface area contributed by atoms with Crippen LogP contribution in [0.15, 0.2) is 67.3 Å². The second-order valence-corrected chi connectivity index (χ2v) is 7.16. The van der Waals surface area contributed by atoms with Crippen LogP contribution in [0.3, 0.4) is 0 Å². The molecule has 0 aliphatic carbocycles. The fourth-order valence-corrected chi connectivity index (χ4v) is 3.51. The summed E-state index contributed by atoms with van der Waals surface area (Å²) < 4.78 is 5.33. The average molecular weight is 361 g/mol. The Bertz CT molecular complexity index is 805. The van der Waals surface area contributed by atoms with Crippen LogP contribution in [0, 0.1) is 17.2 Å². The van der Waals surface area contributed by atoms with Crippen molar-refractivity contribution in [1.29, 1.82) is 5.26 Å². The third-order valence-electron chi connectivity index (χ3n) is 4.98. The van der Waals surface area contributed by atoms with Gasteiger partial charge >= 0.3 is 5.97 Å². The fourth-order valence-electron chi connectivity index (χ4n) is 3.51. The van der Waals surface area contributed by atoms with Gasteiger partial charge in [-0.15, -0.1) is 0 Å². The van der Waals surface area contributed by atoms with Crippen LogP contribution in [0.2, 0.25) is 0 Å². The molecule has 140 valence electrons. The molecule has 0 bridgehead atoms. The number of nitriles is 1. The van der Waals surface area contributed by atoms with E-state index in [2.05, 4.69) is 38.6 Å². The zero-order chi connectivity index (χ0) is 19.7. The van der Waals surface area contributed by atoms with E-state index in [1.54, 1.807) is 0 Å². The average Bonchev–Trinajstić information content (AvgIpc) is 2.71. The summed E-state index contributed by atoms with van der Waals surface area (Å²) in [6.07, 6.45) is 3.67. The molecule has 0 saturated carbocycles. The Balaban J connectivity index is 2.56. The van der Waals surface area contributed by atoms with Crippen LogP contribution in [0.4, 0.5) is 0 Å². The second kappa shape index (κ2) is 9.73. The maximum Gasteiger partial charge on any atom is 0.330 e. The molecule has 0 aromatic heterocycles. The lowest BCUT2D eigenvalue weighted by Crippen LogP contribution is -2.31. The highest BCUT2D eigenvalue weighted by atomic mass is 16.5. The van der Waals surface area contributed by atoms with E-state index < -0.39 is 5.97 Å². The lowest BCUT2D eigenvalue weighted by Gasteiger charge is -2.36. The summed E-state index contributed by atoms with van der Waals surface area (Å²) in [6, 6.07) is 20.3. The van der Waals surface area contributed by atoms with E-state index in [-0.39, 0.29) is 12.0 Å². The number of ether oxygens (including phenoxy) is 1. The second-order valence-electron chi connectivity index (χ2n) is 7.16. The minimum atomic E-state index is -0.422. The molecule has 0 saturated heterocycles. The van der Waals surface area contributed by atoms with Crippen molar-refractivity contribution in [3.05, 3.63) is 83.9 Å². The van der Waals surface area contributed by atoms with E-state index in [1.807, 2.05) is 42.5 Å². The first kappa shape index (κ1) is 20.5. The highest BCUT2D eigenvalue weighted by Gasteiger charge is 2.36. The first-order chi connectivity index (χ1) is 13.0. The van der Waals surface area contributed by atoms with Crippen molar-refractivity contribution in [1.82, 2.24) is 0 Å². The first-order valence-electron chi connectivity index (χ1n) is 9.38. The van der Waals surface area contributed by atoms with E-state index in [0.717, 1.165) is 24.0 Å². The van der Waals surface area contributed by atoms with Gasteiger partial charge in [0.25, 0.3) is 0 Å². The molecule has 0 spiro atoms. The summed E-state index contributed by atoms with van der Waals surface area (Å²) in [5.41, 5.74) is 2.41. The van der Waals surface area contributed by atoms with Gasteiger partial charge in [-0.2, -0.15) is 5.26 Å². The zero-order valence-corrected chi connectivity index (χ0v) is 16.2. The molecule has 27 heavy (non-hydrogen) atoms. The zero-order valence-electron chi connectivity index (χ0n) is 16.2. The Labute approximate surface area is 162 Å². The number of nitrogens with zero attached hydrogens (tertiary/aromatic N) is 1. The molecule has 2 rings (SSSR count). The van der Waals surface area contributed by atoms with Gasteiger partial charge in [-0.25, -0.2) is 4.79 Å². The summed E-state index contributed by atoms with van der Waals surface area (Å²) in [4.78, 5) is 11.6. The highest BCUT2D eigenvalue weighted by molar-refractivity contribution is 5.81. The van der Waals surface area contributed by atoms with Gasteiger partial charge in [-0.1, -0.05) is 69.0 Å². The Morgan fingerprint density at radius 2 is 1.81 bits per heavy atom.